The van der Waals surface area contributed by atoms with E-state index in [4.69, 9.17) is 5.73 Å². The highest BCUT2D eigenvalue weighted by Gasteiger charge is 2.17. The van der Waals surface area contributed by atoms with Crippen LogP contribution in [-0.4, -0.2) is 37.1 Å². The van der Waals surface area contributed by atoms with Crippen molar-refractivity contribution in [3.05, 3.63) is 23.9 Å². The number of aromatic nitrogens is 1. The van der Waals surface area contributed by atoms with E-state index in [1.165, 1.54) is 12.8 Å². The lowest BCUT2D eigenvalue weighted by Gasteiger charge is -2.31. The summed E-state index contributed by atoms with van der Waals surface area (Å²) in [7, 11) is 0. The standard InChI is InChI=1S/C15H24N4O/c1-12-5-9-19(10-6-12)14-4-3-13(11-18-14)15(20)17-8-2-7-16/h3-4,11-12H,2,5-10,16H2,1H3,(H,17,20). The van der Waals surface area contributed by atoms with Crippen LogP contribution in [0.4, 0.5) is 5.82 Å². The van der Waals surface area contributed by atoms with Gasteiger partial charge in [0, 0.05) is 25.8 Å². The molecule has 110 valence electrons. The third-order valence-corrected chi connectivity index (χ3v) is 3.78. The van der Waals surface area contributed by atoms with Crippen LogP contribution < -0.4 is 16.0 Å². The second-order valence-electron chi connectivity index (χ2n) is 5.47. The molecule has 0 bridgehead atoms. The lowest BCUT2D eigenvalue weighted by molar-refractivity contribution is 0.0953. The largest absolute Gasteiger partial charge is 0.357 e. The number of nitrogens with zero attached hydrogens (tertiary/aromatic N) is 2. The smallest absolute Gasteiger partial charge is 0.252 e. The first-order valence-corrected chi connectivity index (χ1v) is 7.40. The van der Waals surface area contributed by atoms with Crippen molar-refractivity contribution in [3.63, 3.8) is 0 Å². The summed E-state index contributed by atoms with van der Waals surface area (Å²) in [6.07, 6.45) is 4.88. The number of pyridine rings is 1. The number of nitrogens with one attached hydrogen (secondary N) is 1. The number of carbonyl (C=O) groups is 1. The Bertz CT molecular complexity index is 424. The molecule has 2 rings (SSSR count). The van der Waals surface area contributed by atoms with Gasteiger partial charge >= 0.3 is 0 Å². The van der Waals surface area contributed by atoms with Gasteiger partial charge in [-0.3, -0.25) is 4.79 Å². The molecule has 1 aliphatic rings. The first-order chi connectivity index (χ1) is 9.70. The van der Waals surface area contributed by atoms with E-state index in [9.17, 15) is 4.79 Å². The molecule has 5 heteroatoms. The third kappa shape index (κ3) is 3.93. The van der Waals surface area contributed by atoms with Crippen molar-refractivity contribution in [1.29, 1.82) is 0 Å². The van der Waals surface area contributed by atoms with Gasteiger partial charge in [-0.05, 0) is 43.9 Å². The van der Waals surface area contributed by atoms with Crippen molar-refractivity contribution in [2.45, 2.75) is 26.2 Å². The van der Waals surface area contributed by atoms with E-state index in [-0.39, 0.29) is 5.91 Å². The fourth-order valence-corrected chi connectivity index (χ4v) is 2.35. The highest BCUT2D eigenvalue weighted by atomic mass is 16.1. The quantitative estimate of drug-likeness (QED) is 0.797. The molecule has 0 unspecified atom stereocenters. The second kappa shape index (κ2) is 7.24. The summed E-state index contributed by atoms with van der Waals surface area (Å²) < 4.78 is 0. The van der Waals surface area contributed by atoms with E-state index < -0.39 is 0 Å². The molecule has 0 aliphatic carbocycles. The lowest BCUT2D eigenvalue weighted by Crippen LogP contribution is -2.33. The van der Waals surface area contributed by atoms with Crippen LogP contribution in [0.2, 0.25) is 0 Å². The molecule has 3 N–H and O–H groups in total. The number of amides is 1. The Morgan fingerprint density at radius 2 is 2.20 bits per heavy atom. The van der Waals surface area contributed by atoms with Crippen molar-refractivity contribution in [2.24, 2.45) is 11.7 Å². The normalized spacial score (nSPS) is 16.2. The topological polar surface area (TPSA) is 71.2 Å². The van der Waals surface area contributed by atoms with Gasteiger partial charge in [-0.25, -0.2) is 4.98 Å². The number of hydrogen-bond acceptors (Lipinski definition) is 4. The number of hydrogen-bond donors (Lipinski definition) is 2. The van der Waals surface area contributed by atoms with Gasteiger partial charge in [0.05, 0.1) is 5.56 Å². The summed E-state index contributed by atoms with van der Waals surface area (Å²) in [4.78, 5) is 18.5. The lowest BCUT2D eigenvalue weighted by atomic mass is 9.99. The average Bonchev–Trinajstić information content (AvgIpc) is 2.48. The number of nitrogens with two attached hydrogens (primary N) is 1. The molecule has 1 amide bonds. The highest BCUT2D eigenvalue weighted by Crippen LogP contribution is 2.21. The Hall–Kier alpha value is -1.62. The first kappa shape index (κ1) is 14.8. The predicted molar refractivity (Wildman–Crippen MR) is 80.9 cm³/mol. The van der Waals surface area contributed by atoms with Crippen LogP contribution in [-0.2, 0) is 0 Å². The van der Waals surface area contributed by atoms with E-state index in [1.807, 2.05) is 12.1 Å². The molecule has 20 heavy (non-hydrogen) atoms. The van der Waals surface area contributed by atoms with Gasteiger partial charge in [-0.2, -0.15) is 0 Å². The summed E-state index contributed by atoms with van der Waals surface area (Å²) in [5, 5.41) is 2.83. The van der Waals surface area contributed by atoms with Crippen molar-refractivity contribution < 1.29 is 4.79 Å². The fraction of sp³-hybridized carbons (Fsp3) is 0.600. The van der Waals surface area contributed by atoms with E-state index in [0.717, 1.165) is 31.2 Å². The molecular formula is C15H24N4O. The van der Waals surface area contributed by atoms with Crippen molar-refractivity contribution in [3.8, 4) is 0 Å². The zero-order valence-electron chi connectivity index (χ0n) is 12.1. The van der Waals surface area contributed by atoms with E-state index in [2.05, 4.69) is 22.1 Å². The Morgan fingerprint density at radius 1 is 1.45 bits per heavy atom. The Morgan fingerprint density at radius 3 is 2.80 bits per heavy atom. The molecule has 1 saturated heterocycles. The zero-order valence-corrected chi connectivity index (χ0v) is 12.1. The number of anilines is 1. The van der Waals surface area contributed by atoms with Crippen LogP contribution in [0.1, 0.15) is 36.5 Å². The van der Waals surface area contributed by atoms with Crippen molar-refractivity contribution >= 4 is 11.7 Å². The Labute approximate surface area is 120 Å². The molecule has 2 heterocycles. The van der Waals surface area contributed by atoms with Gasteiger partial charge in [-0.15, -0.1) is 0 Å². The van der Waals surface area contributed by atoms with Gasteiger partial charge in [0.1, 0.15) is 5.82 Å². The van der Waals surface area contributed by atoms with Gasteiger partial charge in [0.2, 0.25) is 0 Å². The van der Waals surface area contributed by atoms with Crippen LogP contribution in [0.3, 0.4) is 0 Å². The molecule has 0 spiro atoms. The molecule has 1 fully saturated rings. The fourth-order valence-electron chi connectivity index (χ4n) is 2.35. The molecular weight excluding hydrogens is 252 g/mol. The monoisotopic (exact) mass is 276 g/mol. The maximum absolute atomic E-state index is 11.8. The highest BCUT2D eigenvalue weighted by molar-refractivity contribution is 5.94. The molecule has 0 atom stereocenters. The summed E-state index contributed by atoms with van der Waals surface area (Å²) in [5.74, 6) is 1.69. The second-order valence-corrected chi connectivity index (χ2v) is 5.47. The molecule has 0 aromatic carbocycles. The molecule has 1 aromatic rings. The van der Waals surface area contributed by atoms with Gasteiger partial charge in [-0.1, -0.05) is 6.92 Å². The summed E-state index contributed by atoms with van der Waals surface area (Å²) in [5.41, 5.74) is 6.00. The van der Waals surface area contributed by atoms with E-state index >= 15 is 0 Å². The third-order valence-electron chi connectivity index (χ3n) is 3.78. The number of carbonyl (C=O) groups excluding carboxylic acids is 1. The van der Waals surface area contributed by atoms with Crippen molar-refractivity contribution in [1.82, 2.24) is 10.3 Å². The zero-order chi connectivity index (χ0) is 14.4. The molecule has 0 saturated carbocycles. The molecule has 1 aliphatic heterocycles. The average molecular weight is 276 g/mol. The van der Waals surface area contributed by atoms with Crippen LogP contribution in [0, 0.1) is 5.92 Å². The summed E-state index contributed by atoms with van der Waals surface area (Å²) in [6, 6.07) is 3.78. The summed E-state index contributed by atoms with van der Waals surface area (Å²) >= 11 is 0. The van der Waals surface area contributed by atoms with E-state index in [0.29, 0.717) is 18.7 Å². The Kier molecular flexibility index (Phi) is 5.35. The first-order valence-electron chi connectivity index (χ1n) is 7.40. The van der Waals surface area contributed by atoms with Crippen LogP contribution in [0.5, 0.6) is 0 Å². The SMILES string of the molecule is CC1CCN(c2ccc(C(=O)NCCCN)cn2)CC1. The minimum Gasteiger partial charge on any atom is -0.357 e. The van der Waals surface area contributed by atoms with Crippen LogP contribution in [0.25, 0.3) is 0 Å². The minimum atomic E-state index is -0.0789. The molecule has 0 radical (unpaired) electrons. The number of rotatable bonds is 5. The van der Waals surface area contributed by atoms with Crippen molar-refractivity contribution in [2.75, 3.05) is 31.1 Å². The maximum Gasteiger partial charge on any atom is 0.252 e. The van der Waals surface area contributed by atoms with Gasteiger partial charge < -0.3 is 16.0 Å². The minimum absolute atomic E-state index is 0.0789. The molecule has 5 nitrogen and oxygen atoms in total. The Balaban J connectivity index is 1.90. The van der Waals surface area contributed by atoms with E-state index in [1.54, 1.807) is 6.20 Å². The van der Waals surface area contributed by atoms with Crippen LogP contribution >= 0.6 is 0 Å². The van der Waals surface area contributed by atoms with Crippen LogP contribution in [0.15, 0.2) is 18.3 Å². The maximum atomic E-state index is 11.8. The van der Waals surface area contributed by atoms with Gasteiger partial charge in [0.25, 0.3) is 5.91 Å². The number of piperidine rings is 1. The van der Waals surface area contributed by atoms with Gasteiger partial charge in [0.15, 0.2) is 0 Å². The molecule has 1 aromatic heterocycles. The summed E-state index contributed by atoms with van der Waals surface area (Å²) in [6.45, 7) is 5.60. The predicted octanol–water partition coefficient (Wildman–Crippen LogP) is 1.40.